The molecule has 3 aromatic rings. The van der Waals surface area contributed by atoms with Crippen LogP contribution in [-0.4, -0.2) is 62.4 Å². The quantitative estimate of drug-likeness (QED) is 0.660. The van der Waals surface area contributed by atoms with Crippen molar-refractivity contribution in [2.75, 3.05) is 18.4 Å². The van der Waals surface area contributed by atoms with Gasteiger partial charge in [-0.3, -0.25) is 10.3 Å². The third-order valence-electron chi connectivity index (χ3n) is 4.95. The van der Waals surface area contributed by atoms with Gasteiger partial charge in [0.2, 0.25) is 0 Å². The van der Waals surface area contributed by atoms with Crippen molar-refractivity contribution >= 4 is 34.1 Å². The first kappa shape index (κ1) is 20.5. The topological polar surface area (TPSA) is 95.9 Å². The number of likely N-dealkylation sites (tertiary alicyclic amines) is 1. The normalized spacial score (nSPS) is 19.4. The number of hydrogen-bond donors (Lipinski definition) is 2. The molecule has 4 rings (SSSR count). The molecule has 1 aliphatic heterocycles. The Morgan fingerprint density at radius 1 is 1.27 bits per heavy atom. The van der Waals surface area contributed by atoms with E-state index in [9.17, 15) is 9.18 Å². The van der Waals surface area contributed by atoms with Crippen LogP contribution in [0.5, 0.6) is 0 Å². The van der Waals surface area contributed by atoms with E-state index in [4.69, 9.17) is 0 Å². The van der Waals surface area contributed by atoms with Crippen molar-refractivity contribution in [1.29, 1.82) is 0 Å². The number of hydrogen-bond acceptors (Lipinski definition) is 7. The summed E-state index contributed by atoms with van der Waals surface area (Å²) in [6.45, 7) is 6.43. The summed E-state index contributed by atoms with van der Waals surface area (Å²) in [5, 5.41) is 16.7. The van der Waals surface area contributed by atoms with Gasteiger partial charge in [-0.25, -0.2) is 14.2 Å². The third-order valence-corrected chi connectivity index (χ3v) is 5.84. The molecule has 2 atom stereocenters. The summed E-state index contributed by atoms with van der Waals surface area (Å²) >= 11 is 1.49. The van der Waals surface area contributed by atoms with Crippen molar-refractivity contribution in [2.45, 2.75) is 45.4 Å². The highest BCUT2D eigenvalue weighted by molar-refractivity contribution is 7.14. The monoisotopic (exact) mass is 429 g/mol. The van der Waals surface area contributed by atoms with Crippen molar-refractivity contribution in [3.05, 3.63) is 29.5 Å². The van der Waals surface area contributed by atoms with Crippen LogP contribution in [0.4, 0.5) is 15.0 Å². The predicted molar refractivity (Wildman–Crippen MR) is 115 cm³/mol. The first-order chi connectivity index (χ1) is 14.4. The number of carbonyl (C=O) groups is 1. The summed E-state index contributed by atoms with van der Waals surface area (Å²) < 4.78 is 14.5. The lowest BCUT2D eigenvalue weighted by molar-refractivity contribution is 0.119. The Kier molecular flexibility index (Phi) is 5.87. The lowest BCUT2D eigenvalue weighted by atomic mass is 10.0. The average Bonchev–Trinajstić information content (AvgIpc) is 3.15. The smallest absolute Gasteiger partial charge is 0.321 e. The molecule has 0 aliphatic carbocycles. The minimum Gasteiger partial charge on any atom is -0.321 e. The highest BCUT2D eigenvalue weighted by atomic mass is 32.1. The van der Waals surface area contributed by atoms with E-state index in [1.165, 1.54) is 16.2 Å². The molecule has 0 unspecified atom stereocenters. The van der Waals surface area contributed by atoms with Gasteiger partial charge in [0.05, 0.1) is 18.3 Å². The van der Waals surface area contributed by atoms with Crippen molar-refractivity contribution in [3.63, 3.8) is 0 Å². The Balaban J connectivity index is 1.46. The maximum Gasteiger partial charge on any atom is 0.323 e. The van der Waals surface area contributed by atoms with E-state index < -0.39 is 6.17 Å². The number of aromatic nitrogens is 4. The Morgan fingerprint density at radius 2 is 2.10 bits per heavy atom. The van der Waals surface area contributed by atoms with Crippen LogP contribution in [0.2, 0.25) is 0 Å². The number of amides is 2. The van der Waals surface area contributed by atoms with E-state index in [0.717, 1.165) is 21.0 Å². The highest BCUT2D eigenvalue weighted by Crippen LogP contribution is 2.26. The molecule has 0 aromatic carbocycles. The second kappa shape index (κ2) is 8.57. The summed E-state index contributed by atoms with van der Waals surface area (Å²) in [5.74, 6) is 0.401. The van der Waals surface area contributed by atoms with E-state index in [1.54, 1.807) is 18.5 Å². The standard InChI is InChI=1S/C20H24FN7OS/c1-11(2)24-16-4-5-28(10-15(16)21)20(29)25-18-7-13-6-14(8-22-17(13)9-23-18)19-27-26-12(3)30-19/h6-9,11,15-16,24H,4-5,10H2,1-3H3,(H,23,25,29)/t15-,16-/m0/s1. The Labute approximate surface area is 177 Å². The van der Waals surface area contributed by atoms with Crippen LogP contribution < -0.4 is 10.6 Å². The maximum absolute atomic E-state index is 14.5. The molecule has 10 heteroatoms. The largest absolute Gasteiger partial charge is 0.323 e. The van der Waals surface area contributed by atoms with Gasteiger partial charge in [0.15, 0.2) is 0 Å². The van der Waals surface area contributed by atoms with Crippen LogP contribution in [0.3, 0.4) is 0 Å². The number of pyridine rings is 2. The Morgan fingerprint density at radius 3 is 2.80 bits per heavy atom. The van der Waals surface area contributed by atoms with Crippen molar-refractivity contribution in [3.8, 4) is 10.6 Å². The van der Waals surface area contributed by atoms with Crippen LogP contribution in [0.15, 0.2) is 24.5 Å². The molecule has 8 nitrogen and oxygen atoms in total. The minimum atomic E-state index is -1.10. The van der Waals surface area contributed by atoms with Gasteiger partial charge in [-0.1, -0.05) is 25.2 Å². The fourth-order valence-corrected chi connectivity index (χ4v) is 4.20. The number of urea groups is 1. The molecule has 1 saturated heterocycles. The van der Waals surface area contributed by atoms with Crippen LogP contribution in [0, 0.1) is 6.92 Å². The van der Waals surface area contributed by atoms with Crippen molar-refractivity contribution in [1.82, 2.24) is 30.4 Å². The lowest BCUT2D eigenvalue weighted by Crippen LogP contribution is -2.54. The molecule has 30 heavy (non-hydrogen) atoms. The molecule has 2 amide bonds. The number of nitrogens with zero attached hydrogens (tertiary/aromatic N) is 5. The number of rotatable bonds is 4. The number of alkyl halides is 1. The average molecular weight is 430 g/mol. The summed E-state index contributed by atoms with van der Waals surface area (Å²) in [6.07, 6.45) is 2.82. The number of piperidine rings is 1. The molecule has 0 bridgehead atoms. The Hall–Kier alpha value is -2.72. The van der Waals surface area contributed by atoms with E-state index in [-0.39, 0.29) is 24.7 Å². The molecule has 2 N–H and O–H groups in total. The summed E-state index contributed by atoms with van der Waals surface area (Å²) in [7, 11) is 0. The van der Waals surface area contributed by atoms with E-state index >= 15 is 0 Å². The van der Waals surface area contributed by atoms with Crippen molar-refractivity contribution < 1.29 is 9.18 Å². The van der Waals surface area contributed by atoms with Gasteiger partial charge >= 0.3 is 6.03 Å². The molecule has 1 aliphatic rings. The van der Waals surface area contributed by atoms with E-state index in [0.29, 0.717) is 24.3 Å². The zero-order valence-corrected chi connectivity index (χ0v) is 17.9. The molecule has 0 spiro atoms. The Bertz CT molecular complexity index is 1060. The molecular weight excluding hydrogens is 405 g/mol. The number of aryl methyl sites for hydroxylation is 1. The number of halogens is 1. The van der Waals surface area contributed by atoms with Crippen molar-refractivity contribution in [2.24, 2.45) is 0 Å². The second-order valence-corrected chi connectivity index (χ2v) is 8.90. The van der Waals surface area contributed by atoms with Crippen LogP contribution in [-0.2, 0) is 0 Å². The summed E-state index contributed by atoms with van der Waals surface area (Å²) in [6, 6.07) is 3.34. The number of anilines is 1. The molecule has 158 valence electrons. The van der Waals surface area contributed by atoms with Gasteiger partial charge in [-0.15, -0.1) is 10.2 Å². The predicted octanol–water partition coefficient (Wildman–Crippen LogP) is 3.40. The second-order valence-electron chi connectivity index (χ2n) is 7.72. The first-order valence-electron chi connectivity index (χ1n) is 9.91. The third kappa shape index (κ3) is 4.54. The van der Waals surface area contributed by atoms with E-state index in [2.05, 4.69) is 30.8 Å². The minimum absolute atomic E-state index is 0.0614. The highest BCUT2D eigenvalue weighted by Gasteiger charge is 2.31. The molecule has 1 fully saturated rings. The zero-order chi connectivity index (χ0) is 21.3. The molecular formula is C20H24FN7OS. The number of carbonyl (C=O) groups excluding carboxylic acids is 1. The SMILES string of the molecule is Cc1nnc(-c2cnc3cnc(NC(=O)N4CC[C@H](NC(C)C)[C@@H](F)C4)cc3c2)s1. The number of nitrogens with one attached hydrogen (secondary N) is 2. The lowest BCUT2D eigenvalue weighted by Gasteiger charge is -2.35. The van der Waals surface area contributed by atoms with Crippen LogP contribution in [0.1, 0.15) is 25.3 Å². The summed E-state index contributed by atoms with van der Waals surface area (Å²) in [4.78, 5) is 22.8. The van der Waals surface area contributed by atoms with Gasteiger partial charge in [0.25, 0.3) is 0 Å². The fraction of sp³-hybridized carbons (Fsp3) is 0.450. The molecule has 3 aromatic heterocycles. The van der Waals surface area contributed by atoms with E-state index in [1.807, 2.05) is 26.8 Å². The summed E-state index contributed by atoms with van der Waals surface area (Å²) in [5.41, 5.74) is 1.57. The molecule has 0 radical (unpaired) electrons. The number of fused-ring (bicyclic) bond motifs is 1. The van der Waals surface area contributed by atoms with Gasteiger partial charge in [-0.2, -0.15) is 0 Å². The fourth-order valence-electron chi connectivity index (χ4n) is 3.52. The maximum atomic E-state index is 14.5. The van der Waals surface area contributed by atoms with Gasteiger partial charge < -0.3 is 10.2 Å². The first-order valence-corrected chi connectivity index (χ1v) is 10.7. The van der Waals surface area contributed by atoms with Gasteiger partial charge in [0.1, 0.15) is 22.0 Å². The van der Waals surface area contributed by atoms with Crippen LogP contribution in [0.25, 0.3) is 21.5 Å². The van der Waals surface area contributed by atoms with Gasteiger partial charge in [0, 0.05) is 35.8 Å². The van der Waals surface area contributed by atoms with Crippen LogP contribution >= 0.6 is 11.3 Å². The zero-order valence-electron chi connectivity index (χ0n) is 17.1. The molecule has 4 heterocycles. The molecule has 0 saturated carbocycles. The van der Waals surface area contributed by atoms with Gasteiger partial charge in [-0.05, 0) is 25.5 Å².